The summed E-state index contributed by atoms with van der Waals surface area (Å²) in [7, 11) is 1.94. The molecule has 0 aliphatic heterocycles. The van der Waals surface area contributed by atoms with Crippen molar-refractivity contribution in [2.45, 2.75) is 19.0 Å². The highest BCUT2D eigenvalue weighted by molar-refractivity contribution is 7.99. The van der Waals surface area contributed by atoms with Crippen LogP contribution in [-0.4, -0.2) is 26.4 Å². The number of hydrogen-bond donors (Lipinski definition) is 1. The Hall–Kier alpha value is -2.90. The average molecular weight is 435 g/mol. The van der Waals surface area contributed by atoms with E-state index in [2.05, 4.69) is 40.0 Å². The number of rotatable bonds is 6. The molecule has 0 fully saturated rings. The van der Waals surface area contributed by atoms with Gasteiger partial charge in [-0.15, -0.1) is 21.5 Å². The fourth-order valence-corrected chi connectivity index (χ4v) is 4.88. The van der Waals surface area contributed by atoms with Gasteiger partial charge in [-0.1, -0.05) is 54.2 Å². The topological polar surface area (TPSA) is 59.8 Å². The van der Waals surface area contributed by atoms with Gasteiger partial charge >= 0.3 is 0 Å². The van der Waals surface area contributed by atoms with E-state index < -0.39 is 0 Å². The summed E-state index contributed by atoms with van der Waals surface area (Å²) in [5, 5.41) is 14.5. The number of nitrogens with zero attached hydrogens (tertiary/aromatic N) is 3. The Morgan fingerprint density at radius 2 is 1.90 bits per heavy atom. The number of anilines is 1. The number of benzene rings is 2. The molecule has 0 saturated heterocycles. The van der Waals surface area contributed by atoms with Crippen LogP contribution in [0.25, 0.3) is 22.5 Å². The summed E-state index contributed by atoms with van der Waals surface area (Å²) in [6, 6.07) is 18.1. The summed E-state index contributed by atoms with van der Waals surface area (Å²) in [6.45, 7) is 4.12. The SMILES string of the molecule is Cc1cccc(NC(=O)CSc2nnc(-c3csc(C)c3-c3ccccc3)n2C)c1. The van der Waals surface area contributed by atoms with Gasteiger partial charge in [0.25, 0.3) is 0 Å². The number of aryl methyl sites for hydroxylation is 2. The molecule has 7 heteroatoms. The minimum Gasteiger partial charge on any atom is -0.325 e. The maximum absolute atomic E-state index is 12.3. The van der Waals surface area contributed by atoms with E-state index in [4.69, 9.17) is 0 Å². The molecule has 0 atom stereocenters. The maximum Gasteiger partial charge on any atom is 0.234 e. The van der Waals surface area contributed by atoms with Gasteiger partial charge < -0.3 is 9.88 Å². The fourth-order valence-electron chi connectivity index (χ4n) is 3.31. The molecule has 2 heterocycles. The summed E-state index contributed by atoms with van der Waals surface area (Å²) >= 11 is 3.09. The van der Waals surface area contributed by atoms with Gasteiger partial charge in [0.05, 0.1) is 5.75 Å². The van der Waals surface area contributed by atoms with E-state index in [9.17, 15) is 4.79 Å². The highest BCUT2D eigenvalue weighted by Crippen LogP contribution is 2.38. The molecule has 0 bridgehead atoms. The van der Waals surface area contributed by atoms with Gasteiger partial charge in [0, 0.05) is 34.1 Å². The van der Waals surface area contributed by atoms with Gasteiger partial charge in [0.2, 0.25) is 5.91 Å². The number of aromatic nitrogens is 3. The predicted octanol–water partition coefficient (Wildman–Crippen LogP) is 5.56. The molecule has 4 rings (SSSR count). The van der Waals surface area contributed by atoms with Crippen molar-refractivity contribution in [3.63, 3.8) is 0 Å². The van der Waals surface area contributed by atoms with E-state index in [0.717, 1.165) is 22.6 Å². The molecule has 152 valence electrons. The van der Waals surface area contributed by atoms with E-state index >= 15 is 0 Å². The molecule has 0 unspecified atom stereocenters. The van der Waals surface area contributed by atoms with Crippen molar-refractivity contribution in [3.8, 4) is 22.5 Å². The van der Waals surface area contributed by atoms with Crippen molar-refractivity contribution in [2.75, 3.05) is 11.1 Å². The molecular formula is C23H22N4OS2. The van der Waals surface area contributed by atoms with Gasteiger partial charge in [0.15, 0.2) is 11.0 Å². The van der Waals surface area contributed by atoms with E-state index in [0.29, 0.717) is 5.16 Å². The fraction of sp³-hybridized carbons (Fsp3) is 0.174. The molecule has 0 spiro atoms. The second-order valence-corrected chi connectivity index (χ2v) is 9.04. The minimum absolute atomic E-state index is 0.0634. The van der Waals surface area contributed by atoms with E-state index in [1.54, 1.807) is 11.3 Å². The average Bonchev–Trinajstić information content (AvgIpc) is 3.29. The monoisotopic (exact) mass is 434 g/mol. The first kappa shape index (κ1) is 20.4. The van der Waals surface area contributed by atoms with E-state index in [1.807, 2.05) is 61.0 Å². The van der Waals surface area contributed by atoms with Gasteiger partial charge in [0.1, 0.15) is 0 Å². The molecule has 1 amide bonds. The van der Waals surface area contributed by atoms with Crippen LogP contribution in [0.4, 0.5) is 5.69 Å². The van der Waals surface area contributed by atoms with Crippen LogP contribution >= 0.6 is 23.1 Å². The summed E-state index contributed by atoms with van der Waals surface area (Å²) < 4.78 is 1.96. The lowest BCUT2D eigenvalue weighted by atomic mass is 10.0. The summed E-state index contributed by atoms with van der Waals surface area (Å²) in [5.74, 6) is 1.01. The molecule has 2 aromatic heterocycles. The first-order chi connectivity index (χ1) is 14.5. The van der Waals surface area contributed by atoms with Crippen LogP contribution in [0.3, 0.4) is 0 Å². The lowest BCUT2D eigenvalue weighted by Crippen LogP contribution is -2.14. The number of thiophene rings is 1. The molecule has 0 aliphatic rings. The van der Waals surface area contributed by atoms with Crippen molar-refractivity contribution in [2.24, 2.45) is 7.05 Å². The Morgan fingerprint density at radius 3 is 2.67 bits per heavy atom. The Bertz CT molecular complexity index is 1180. The molecule has 5 nitrogen and oxygen atoms in total. The van der Waals surface area contributed by atoms with Gasteiger partial charge in [-0.25, -0.2) is 0 Å². The molecule has 0 aliphatic carbocycles. The van der Waals surface area contributed by atoms with Crippen molar-refractivity contribution in [1.29, 1.82) is 0 Å². The Balaban J connectivity index is 1.51. The zero-order valence-electron chi connectivity index (χ0n) is 17.0. The van der Waals surface area contributed by atoms with E-state index in [-0.39, 0.29) is 11.7 Å². The van der Waals surface area contributed by atoms with Crippen molar-refractivity contribution in [1.82, 2.24) is 14.8 Å². The molecular weight excluding hydrogens is 412 g/mol. The van der Waals surface area contributed by atoms with Crippen LogP contribution < -0.4 is 5.32 Å². The van der Waals surface area contributed by atoms with Crippen LogP contribution in [0.2, 0.25) is 0 Å². The van der Waals surface area contributed by atoms with Gasteiger partial charge in [-0.2, -0.15) is 0 Å². The van der Waals surface area contributed by atoms with Crippen molar-refractivity contribution < 1.29 is 4.79 Å². The van der Waals surface area contributed by atoms with Crippen LogP contribution in [0.15, 0.2) is 65.1 Å². The molecule has 4 aromatic rings. The van der Waals surface area contributed by atoms with Crippen LogP contribution in [0, 0.1) is 13.8 Å². The lowest BCUT2D eigenvalue weighted by molar-refractivity contribution is -0.113. The lowest BCUT2D eigenvalue weighted by Gasteiger charge is -2.08. The summed E-state index contributed by atoms with van der Waals surface area (Å²) in [6.07, 6.45) is 0. The second kappa shape index (κ2) is 8.85. The largest absolute Gasteiger partial charge is 0.325 e. The molecule has 30 heavy (non-hydrogen) atoms. The number of amides is 1. The highest BCUT2D eigenvalue weighted by atomic mass is 32.2. The molecule has 0 radical (unpaired) electrons. The van der Waals surface area contributed by atoms with Crippen molar-refractivity contribution >= 4 is 34.7 Å². The second-order valence-electron chi connectivity index (χ2n) is 7.02. The number of nitrogens with one attached hydrogen (secondary N) is 1. The van der Waals surface area contributed by atoms with Gasteiger partial charge in [-0.3, -0.25) is 4.79 Å². The third kappa shape index (κ3) is 4.32. The standard InChI is InChI=1S/C23H22N4OS2/c1-15-8-7-11-18(12-15)24-20(28)14-30-23-26-25-22(27(23)3)19-13-29-16(2)21(19)17-9-5-4-6-10-17/h4-13H,14H2,1-3H3,(H,24,28). The quantitative estimate of drug-likeness (QED) is 0.404. The first-order valence-corrected chi connectivity index (χ1v) is 11.4. The maximum atomic E-state index is 12.3. The zero-order chi connectivity index (χ0) is 21.1. The number of hydrogen-bond acceptors (Lipinski definition) is 5. The third-order valence-electron chi connectivity index (χ3n) is 4.75. The molecule has 1 N–H and O–H groups in total. The Kier molecular flexibility index (Phi) is 6.01. The van der Waals surface area contributed by atoms with Crippen LogP contribution in [0.5, 0.6) is 0 Å². The van der Waals surface area contributed by atoms with Gasteiger partial charge in [-0.05, 0) is 37.1 Å². The Labute approximate surface area is 184 Å². The number of carbonyl (C=O) groups excluding carboxylic acids is 1. The summed E-state index contributed by atoms with van der Waals surface area (Å²) in [4.78, 5) is 13.6. The third-order valence-corrected chi connectivity index (χ3v) is 6.68. The zero-order valence-corrected chi connectivity index (χ0v) is 18.7. The number of carbonyl (C=O) groups is 1. The summed E-state index contributed by atoms with van der Waals surface area (Å²) in [5.41, 5.74) is 5.33. The normalized spacial score (nSPS) is 10.9. The molecule has 0 saturated carbocycles. The van der Waals surface area contributed by atoms with Crippen LogP contribution in [-0.2, 0) is 11.8 Å². The first-order valence-electron chi connectivity index (χ1n) is 9.55. The van der Waals surface area contributed by atoms with Crippen LogP contribution in [0.1, 0.15) is 10.4 Å². The highest BCUT2D eigenvalue weighted by Gasteiger charge is 2.19. The Morgan fingerprint density at radius 1 is 1.10 bits per heavy atom. The van der Waals surface area contributed by atoms with Crippen molar-refractivity contribution in [3.05, 3.63) is 70.4 Å². The minimum atomic E-state index is -0.0634. The molecule has 2 aromatic carbocycles. The smallest absolute Gasteiger partial charge is 0.234 e. The van der Waals surface area contributed by atoms with E-state index in [1.165, 1.54) is 27.8 Å². The number of thioether (sulfide) groups is 1. The predicted molar refractivity (Wildman–Crippen MR) is 125 cm³/mol.